The first-order valence-electron chi connectivity index (χ1n) is 7.85. The Labute approximate surface area is 127 Å². The normalized spacial score (nSPS) is 17.2. The molecule has 1 unspecified atom stereocenters. The molecule has 0 bridgehead atoms. The van der Waals surface area contributed by atoms with Gasteiger partial charge in [0.1, 0.15) is 0 Å². The Kier molecular flexibility index (Phi) is 6.02. The molecule has 1 aliphatic heterocycles. The fourth-order valence-corrected chi connectivity index (χ4v) is 2.62. The Bertz CT molecular complexity index is 457. The zero-order chi connectivity index (χ0) is 15.1. The molecule has 0 aliphatic carbocycles. The lowest BCUT2D eigenvalue weighted by Crippen LogP contribution is -2.46. The number of nitrogens with zero attached hydrogens (tertiary/aromatic N) is 1. The van der Waals surface area contributed by atoms with Crippen LogP contribution in [0, 0.1) is 0 Å². The maximum atomic E-state index is 12.0. The second kappa shape index (κ2) is 8.00. The smallest absolute Gasteiger partial charge is 0.310 e. The molecule has 2 amide bonds. The zero-order valence-electron chi connectivity index (χ0n) is 13.0. The lowest BCUT2D eigenvalue weighted by atomic mass is 10.1. The molecule has 1 heterocycles. The highest BCUT2D eigenvalue weighted by Gasteiger charge is 2.13. The lowest BCUT2D eigenvalue weighted by Gasteiger charge is -2.26. The molecule has 1 aliphatic rings. The third-order valence-electron chi connectivity index (χ3n) is 3.77. The summed E-state index contributed by atoms with van der Waals surface area (Å²) in [7, 11) is 0. The van der Waals surface area contributed by atoms with E-state index in [-0.39, 0.29) is 12.1 Å². The van der Waals surface area contributed by atoms with Crippen LogP contribution in [0.3, 0.4) is 0 Å². The molecule has 21 heavy (non-hydrogen) atoms. The van der Waals surface area contributed by atoms with Gasteiger partial charge in [-0.05, 0) is 44.0 Å². The molecule has 0 saturated carbocycles. The van der Waals surface area contributed by atoms with E-state index in [9.17, 15) is 4.79 Å². The van der Waals surface area contributed by atoms with E-state index in [0.717, 1.165) is 38.2 Å². The number of urea groups is 1. The van der Waals surface area contributed by atoms with E-state index in [2.05, 4.69) is 36.0 Å². The first-order chi connectivity index (χ1) is 10.2. The number of hydrogen-bond donors (Lipinski definition) is 3. The first-order valence-corrected chi connectivity index (χ1v) is 7.85. The predicted molar refractivity (Wildman–Crippen MR) is 86.1 cm³/mol. The van der Waals surface area contributed by atoms with Gasteiger partial charge in [-0.15, -0.1) is 0 Å². The zero-order valence-corrected chi connectivity index (χ0v) is 13.0. The third-order valence-corrected chi connectivity index (χ3v) is 3.77. The van der Waals surface area contributed by atoms with Crippen molar-refractivity contribution in [1.82, 2.24) is 15.8 Å². The number of hydrogen-bond acceptors (Lipinski definition) is 3. The summed E-state index contributed by atoms with van der Waals surface area (Å²) in [6.07, 6.45) is 3.55. The van der Waals surface area contributed by atoms with E-state index < -0.39 is 0 Å². The minimum atomic E-state index is -0.162. The second-order valence-electron chi connectivity index (χ2n) is 5.52. The summed E-state index contributed by atoms with van der Waals surface area (Å²) in [6, 6.07) is 8.09. The van der Waals surface area contributed by atoms with Gasteiger partial charge in [0.2, 0.25) is 0 Å². The van der Waals surface area contributed by atoms with Crippen LogP contribution in [-0.4, -0.2) is 30.7 Å². The summed E-state index contributed by atoms with van der Waals surface area (Å²) in [5, 5.41) is 8.27. The Hall–Kier alpha value is -1.59. The van der Waals surface area contributed by atoms with Crippen molar-refractivity contribution in [2.75, 3.05) is 25.0 Å². The molecule has 116 valence electrons. The third kappa shape index (κ3) is 5.02. The van der Waals surface area contributed by atoms with Crippen LogP contribution >= 0.6 is 0 Å². The number of anilines is 1. The van der Waals surface area contributed by atoms with E-state index in [0.29, 0.717) is 0 Å². The molecule has 1 saturated heterocycles. The van der Waals surface area contributed by atoms with Gasteiger partial charge in [-0.2, -0.15) is 0 Å². The van der Waals surface area contributed by atoms with Gasteiger partial charge < -0.3 is 10.6 Å². The minimum absolute atomic E-state index is 0.162. The van der Waals surface area contributed by atoms with Crippen LogP contribution in [0.25, 0.3) is 0 Å². The van der Waals surface area contributed by atoms with E-state index in [1.54, 1.807) is 0 Å². The number of piperidine rings is 1. The lowest BCUT2D eigenvalue weighted by molar-refractivity contribution is 0.162. The standard InChI is InChI=1S/C16H26N4O/c1-3-17-13(2)14-8-7-9-15(12-14)18-16(21)19-20-10-5-4-6-11-20/h7-9,12-13,17H,3-6,10-11H2,1-2H3,(H2,18,19,21). The quantitative estimate of drug-likeness (QED) is 0.781. The summed E-state index contributed by atoms with van der Waals surface area (Å²) >= 11 is 0. The molecule has 0 radical (unpaired) electrons. The van der Waals surface area contributed by atoms with E-state index in [4.69, 9.17) is 0 Å². The fourth-order valence-electron chi connectivity index (χ4n) is 2.62. The number of nitrogens with one attached hydrogen (secondary N) is 3. The summed E-state index contributed by atoms with van der Waals surface area (Å²) in [4.78, 5) is 12.0. The molecular weight excluding hydrogens is 264 g/mol. The maximum absolute atomic E-state index is 12.0. The molecule has 2 rings (SSSR count). The summed E-state index contributed by atoms with van der Waals surface area (Å²) < 4.78 is 0. The summed E-state index contributed by atoms with van der Waals surface area (Å²) in [6.45, 7) is 7.01. The van der Waals surface area contributed by atoms with E-state index in [1.165, 1.54) is 12.0 Å². The van der Waals surface area contributed by atoms with Crippen molar-refractivity contribution in [3.8, 4) is 0 Å². The molecule has 1 aromatic rings. The van der Waals surface area contributed by atoms with Crippen molar-refractivity contribution in [3.63, 3.8) is 0 Å². The van der Waals surface area contributed by atoms with Crippen LogP contribution in [0.4, 0.5) is 10.5 Å². The average Bonchev–Trinajstić information content (AvgIpc) is 2.48. The number of benzene rings is 1. The molecule has 5 nitrogen and oxygen atoms in total. The van der Waals surface area contributed by atoms with Crippen LogP contribution in [-0.2, 0) is 0 Å². The van der Waals surface area contributed by atoms with Gasteiger partial charge in [0.15, 0.2) is 0 Å². The highest BCUT2D eigenvalue weighted by Crippen LogP contribution is 2.17. The molecule has 1 atom stereocenters. The van der Waals surface area contributed by atoms with Gasteiger partial charge in [-0.1, -0.05) is 25.5 Å². The van der Waals surface area contributed by atoms with Crippen LogP contribution in [0.2, 0.25) is 0 Å². The van der Waals surface area contributed by atoms with Crippen molar-refractivity contribution >= 4 is 11.7 Å². The van der Waals surface area contributed by atoms with E-state index >= 15 is 0 Å². The minimum Gasteiger partial charge on any atom is -0.310 e. The number of carbonyl (C=O) groups is 1. The van der Waals surface area contributed by atoms with Crippen molar-refractivity contribution in [2.24, 2.45) is 0 Å². The highest BCUT2D eigenvalue weighted by atomic mass is 16.2. The van der Waals surface area contributed by atoms with Crippen LogP contribution < -0.4 is 16.1 Å². The Morgan fingerprint density at radius 2 is 2.05 bits per heavy atom. The van der Waals surface area contributed by atoms with Gasteiger partial charge in [0.05, 0.1) is 0 Å². The SMILES string of the molecule is CCNC(C)c1cccc(NC(=O)NN2CCCCC2)c1. The Morgan fingerprint density at radius 1 is 1.29 bits per heavy atom. The Balaban J connectivity index is 1.89. The molecule has 0 aromatic heterocycles. The maximum Gasteiger partial charge on any atom is 0.333 e. The number of rotatable bonds is 5. The van der Waals surface area contributed by atoms with Gasteiger partial charge in [0.25, 0.3) is 0 Å². The average molecular weight is 290 g/mol. The topological polar surface area (TPSA) is 56.4 Å². The van der Waals surface area contributed by atoms with E-state index in [1.807, 2.05) is 23.2 Å². The van der Waals surface area contributed by atoms with Gasteiger partial charge in [-0.25, -0.2) is 9.80 Å². The van der Waals surface area contributed by atoms with Crippen molar-refractivity contribution in [3.05, 3.63) is 29.8 Å². The van der Waals surface area contributed by atoms with Gasteiger partial charge >= 0.3 is 6.03 Å². The largest absolute Gasteiger partial charge is 0.333 e. The predicted octanol–water partition coefficient (Wildman–Crippen LogP) is 2.88. The monoisotopic (exact) mass is 290 g/mol. The molecule has 3 N–H and O–H groups in total. The number of hydrazine groups is 1. The van der Waals surface area contributed by atoms with Crippen LogP contribution in [0.5, 0.6) is 0 Å². The van der Waals surface area contributed by atoms with Crippen molar-refractivity contribution < 1.29 is 4.79 Å². The first kappa shape index (κ1) is 15.8. The van der Waals surface area contributed by atoms with Gasteiger partial charge in [-0.3, -0.25) is 5.43 Å². The molecular formula is C16H26N4O. The highest BCUT2D eigenvalue weighted by molar-refractivity contribution is 5.88. The Morgan fingerprint density at radius 3 is 2.76 bits per heavy atom. The van der Waals surface area contributed by atoms with Crippen molar-refractivity contribution in [2.45, 2.75) is 39.2 Å². The molecule has 0 spiro atoms. The second-order valence-corrected chi connectivity index (χ2v) is 5.52. The number of amides is 2. The van der Waals surface area contributed by atoms with Gasteiger partial charge in [0, 0.05) is 24.8 Å². The van der Waals surface area contributed by atoms with Crippen LogP contribution in [0.1, 0.15) is 44.7 Å². The van der Waals surface area contributed by atoms with Crippen LogP contribution in [0.15, 0.2) is 24.3 Å². The number of carbonyl (C=O) groups excluding carboxylic acids is 1. The fraction of sp³-hybridized carbons (Fsp3) is 0.562. The molecule has 5 heteroatoms. The summed E-state index contributed by atoms with van der Waals surface area (Å²) in [5.41, 5.74) is 4.91. The van der Waals surface area contributed by atoms with Crippen molar-refractivity contribution in [1.29, 1.82) is 0 Å². The molecule has 1 fully saturated rings. The summed E-state index contributed by atoms with van der Waals surface area (Å²) in [5.74, 6) is 0. The molecule has 1 aromatic carbocycles.